The third-order valence-corrected chi connectivity index (χ3v) is 4.27. The van der Waals surface area contributed by atoms with E-state index in [1.807, 2.05) is 0 Å². The zero-order chi connectivity index (χ0) is 16.8. The molecule has 0 saturated carbocycles. The van der Waals surface area contributed by atoms with Gasteiger partial charge in [-0.1, -0.05) is 63.3 Å². The van der Waals surface area contributed by atoms with Crippen molar-refractivity contribution < 1.29 is 14.6 Å². The topological polar surface area (TPSA) is 49.8 Å². The summed E-state index contributed by atoms with van der Waals surface area (Å²) in [6, 6.07) is 0. The highest BCUT2D eigenvalue weighted by Crippen LogP contribution is 2.30. The zero-order valence-corrected chi connectivity index (χ0v) is 14.7. The normalized spacial score (nSPS) is 20.6. The summed E-state index contributed by atoms with van der Waals surface area (Å²) in [5.74, 6) is -0.680. The van der Waals surface area contributed by atoms with E-state index in [2.05, 4.69) is 31.2 Å². The van der Waals surface area contributed by atoms with E-state index in [1.165, 1.54) is 25.7 Å². The van der Waals surface area contributed by atoms with Gasteiger partial charge in [-0.25, -0.2) is 0 Å². The van der Waals surface area contributed by atoms with Crippen LogP contribution in [0.5, 0.6) is 0 Å². The molecule has 0 spiro atoms. The Morgan fingerprint density at radius 2 is 1.74 bits per heavy atom. The second-order valence-corrected chi connectivity index (χ2v) is 6.47. The predicted octanol–water partition coefficient (Wildman–Crippen LogP) is 5.65. The number of allylic oxidation sites excluding steroid dienone is 3. The molecule has 2 unspecified atom stereocenters. The molecule has 2 atom stereocenters. The first-order valence-corrected chi connectivity index (χ1v) is 9.41. The minimum atomic E-state index is -0.680. The Morgan fingerprint density at radius 3 is 2.52 bits per heavy atom. The molecule has 1 heterocycles. The molecule has 0 bridgehead atoms. The van der Waals surface area contributed by atoms with E-state index in [0.717, 1.165) is 44.9 Å². The number of epoxide rings is 1. The van der Waals surface area contributed by atoms with Gasteiger partial charge in [0.2, 0.25) is 0 Å². The fourth-order valence-corrected chi connectivity index (χ4v) is 2.75. The SMILES string of the molecule is CCCCCC1OC1CC=CCC=CCCCCCCC(=O)O. The lowest BCUT2D eigenvalue weighted by atomic mass is 10.1. The van der Waals surface area contributed by atoms with Crippen LogP contribution >= 0.6 is 0 Å². The smallest absolute Gasteiger partial charge is 0.303 e. The summed E-state index contributed by atoms with van der Waals surface area (Å²) in [4.78, 5) is 10.4. The largest absolute Gasteiger partial charge is 0.481 e. The van der Waals surface area contributed by atoms with Crippen LogP contribution < -0.4 is 0 Å². The fourth-order valence-electron chi connectivity index (χ4n) is 2.75. The lowest BCUT2D eigenvalue weighted by molar-refractivity contribution is -0.137. The quantitative estimate of drug-likeness (QED) is 0.241. The number of unbranched alkanes of at least 4 members (excludes halogenated alkanes) is 6. The Kier molecular flexibility index (Phi) is 11.6. The molecule has 3 nitrogen and oxygen atoms in total. The number of ether oxygens (including phenoxy) is 1. The van der Waals surface area contributed by atoms with Crippen molar-refractivity contribution in [2.45, 2.75) is 96.2 Å². The van der Waals surface area contributed by atoms with Crippen LogP contribution in [-0.2, 0) is 9.53 Å². The first-order valence-electron chi connectivity index (χ1n) is 9.41. The summed E-state index contributed by atoms with van der Waals surface area (Å²) in [5, 5.41) is 8.53. The average molecular weight is 322 g/mol. The maximum absolute atomic E-state index is 10.4. The molecule has 1 fully saturated rings. The lowest BCUT2D eigenvalue weighted by Gasteiger charge is -1.96. The summed E-state index contributed by atoms with van der Waals surface area (Å²) >= 11 is 0. The van der Waals surface area contributed by atoms with Crippen LogP contribution in [0, 0.1) is 0 Å². The van der Waals surface area contributed by atoms with Crippen molar-refractivity contribution >= 4 is 5.97 Å². The Balaban J connectivity index is 1.84. The van der Waals surface area contributed by atoms with Crippen LogP contribution in [0.4, 0.5) is 0 Å². The Bertz CT molecular complexity index is 360. The molecule has 0 aromatic heterocycles. The average Bonchev–Trinajstić information content (AvgIpc) is 3.27. The third kappa shape index (κ3) is 12.1. The highest BCUT2D eigenvalue weighted by Gasteiger charge is 2.36. The highest BCUT2D eigenvalue weighted by molar-refractivity contribution is 5.66. The van der Waals surface area contributed by atoms with Gasteiger partial charge in [0.25, 0.3) is 0 Å². The van der Waals surface area contributed by atoms with E-state index in [1.54, 1.807) is 0 Å². The molecule has 132 valence electrons. The van der Waals surface area contributed by atoms with Gasteiger partial charge in [-0.05, 0) is 38.5 Å². The lowest BCUT2D eigenvalue weighted by Crippen LogP contribution is -1.93. The molecular weight excluding hydrogens is 288 g/mol. The Hall–Kier alpha value is -1.09. The third-order valence-electron chi connectivity index (χ3n) is 4.27. The van der Waals surface area contributed by atoms with E-state index < -0.39 is 5.97 Å². The molecular formula is C20H34O3. The standard InChI is InChI=1S/C20H34O3/c1-2-3-12-15-18-19(23-18)16-13-10-8-6-4-5-7-9-11-14-17-20(21)22/h4,6,10,13,18-19H,2-3,5,7-9,11-12,14-17H2,1H3,(H,21,22). The molecule has 3 heteroatoms. The maximum Gasteiger partial charge on any atom is 0.303 e. The van der Waals surface area contributed by atoms with Gasteiger partial charge in [0.05, 0.1) is 12.2 Å². The van der Waals surface area contributed by atoms with Gasteiger partial charge in [-0.2, -0.15) is 0 Å². The number of carboxylic acid groups (broad SMARTS) is 1. The van der Waals surface area contributed by atoms with E-state index in [9.17, 15) is 4.79 Å². The maximum atomic E-state index is 10.4. The molecule has 1 saturated heterocycles. The zero-order valence-electron chi connectivity index (χ0n) is 14.7. The molecule has 1 N–H and O–H groups in total. The molecule has 0 aromatic carbocycles. The van der Waals surface area contributed by atoms with Crippen LogP contribution in [0.25, 0.3) is 0 Å². The first kappa shape index (κ1) is 20.0. The van der Waals surface area contributed by atoms with E-state index in [-0.39, 0.29) is 0 Å². The summed E-state index contributed by atoms with van der Waals surface area (Å²) < 4.78 is 5.66. The van der Waals surface area contributed by atoms with Crippen molar-refractivity contribution in [3.63, 3.8) is 0 Å². The first-order chi connectivity index (χ1) is 11.2. The Labute approximate surface area is 141 Å². The number of rotatable bonds is 15. The van der Waals surface area contributed by atoms with Crippen molar-refractivity contribution in [1.82, 2.24) is 0 Å². The second-order valence-electron chi connectivity index (χ2n) is 6.47. The van der Waals surface area contributed by atoms with Crippen LogP contribution in [0.2, 0.25) is 0 Å². The van der Waals surface area contributed by atoms with Gasteiger partial charge in [0.1, 0.15) is 0 Å². The summed E-state index contributed by atoms with van der Waals surface area (Å²) in [6.45, 7) is 2.24. The van der Waals surface area contributed by atoms with Crippen LogP contribution in [0.1, 0.15) is 84.0 Å². The molecule has 0 aromatic rings. The van der Waals surface area contributed by atoms with Gasteiger partial charge in [0, 0.05) is 6.42 Å². The molecule has 1 rings (SSSR count). The van der Waals surface area contributed by atoms with Crippen molar-refractivity contribution in [2.24, 2.45) is 0 Å². The minimum Gasteiger partial charge on any atom is -0.481 e. The van der Waals surface area contributed by atoms with Crippen molar-refractivity contribution in [3.8, 4) is 0 Å². The molecule has 23 heavy (non-hydrogen) atoms. The molecule has 0 radical (unpaired) electrons. The summed E-state index contributed by atoms with van der Waals surface area (Å²) in [5.41, 5.74) is 0. The van der Waals surface area contributed by atoms with E-state index in [0.29, 0.717) is 18.6 Å². The Morgan fingerprint density at radius 1 is 0.957 bits per heavy atom. The molecule has 1 aliphatic heterocycles. The molecule has 0 amide bonds. The predicted molar refractivity (Wildman–Crippen MR) is 95.7 cm³/mol. The van der Waals surface area contributed by atoms with Crippen molar-refractivity contribution in [2.75, 3.05) is 0 Å². The number of carboxylic acids is 1. The second kappa shape index (κ2) is 13.4. The van der Waals surface area contributed by atoms with Crippen molar-refractivity contribution in [1.29, 1.82) is 0 Å². The van der Waals surface area contributed by atoms with Crippen LogP contribution in [-0.4, -0.2) is 23.3 Å². The number of hydrogen-bond donors (Lipinski definition) is 1. The van der Waals surface area contributed by atoms with E-state index in [4.69, 9.17) is 9.84 Å². The molecule has 1 aliphatic rings. The number of carbonyl (C=O) groups is 1. The van der Waals surface area contributed by atoms with Crippen LogP contribution in [0.3, 0.4) is 0 Å². The molecule has 0 aliphatic carbocycles. The number of hydrogen-bond acceptors (Lipinski definition) is 2. The van der Waals surface area contributed by atoms with Crippen molar-refractivity contribution in [3.05, 3.63) is 24.3 Å². The van der Waals surface area contributed by atoms with Gasteiger partial charge in [0.15, 0.2) is 0 Å². The van der Waals surface area contributed by atoms with Gasteiger partial charge >= 0.3 is 5.97 Å². The fraction of sp³-hybridized carbons (Fsp3) is 0.750. The van der Waals surface area contributed by atoms with Gasteiger partial charge < -0.3 is 9.84 Å². The van der Waals surface area contributed by atoms with Gasteiger partial charge in [-0.15, -0.1) is 0 Å². The van der Waals surface area contributed by atoms with E-state index >= 15 is 0 Å². The van der Waals surface area contributed by atoms with Gasteiger partial charge in [-0.3, -0.25) is 4.79 Å². The monoisotopic (exact) mass is 322 g/mol. The number of aliphatic carboxylic acids is 1. The highest BCUT2D eigenvalue weighted by atomic mass is 16.6. The van der Waals surface area contributed by atoms with Crippen LogP contribution in [0.15, 0.2) is 24.3 Å². The summed E-state index contributed by atoms with van der Waals surface area (Å²) in [7, 11) is 0. The summed E-state index contributed by atoms with van der Waals surface area (Å²) in [6.07, 6.45) is 22.7. The minimum absolute atomic E-state index is 0.310.